The van der Waals surface area contributed by atoms with E-state index in [9.17, 15) is 38.4 Å². The quantitative estimate of drug-likeness (QED) is 0.143. The first-order valence-corrected chi connectivity index (χ1v) is 21.6. The zero-order chi connectivity index (χ0) is 43.5. The third-order valence-corrected chi connectivity index (χ3v) is 13.2. The zero-order valence-electron chi connectivity index (χ0n) is 34.7. The summed E-state index contributed by atoms with van der Waals surface area (Å²) in [7, 11) is 3.10. The van der Waals surface area contributed by atoms with Gasteiger partial charge in [0.25, 0.3) is 11.8 Å². The van der Waals surface area contributed by atoms with Crippen molar-refractivity contribution in [1.82, 2.24) is 31.1 Å². The van der Waals surface area contributed by atoms with E-state index < -0.39 is 93.5 Å². The number of hydrogen-bond acceptors (Lipinski definition) is 11. The van der Waals surface area contributed by atoms with Gasteiger partial charge in [0.05, 0.1) is 16.7 Å². The van der Waals surface area contributed by atoms with Crippen molar-refractivity contribution in [1.29, 1.82) is 0 Å². The van der Waals surface area contributed by atoms with E-state index in [0.717, 1.165) is 17.9 Å². The first-order valence-electron chi connectivity index (χ1n) is 19.7. The van der Waals surface area contributed by atoms with Gasteiger partial charge in [0.2, 0.25) is 35.5 Å². The molecular formula is C42H56N6O9S2. The van der Waals surface area contributed by atoms with Crippen LogP contribution in [-0.2, 0) is 43.1 Å². The van der Waals surface area contributed by atoms with Crippen LogP contribution in [-0.4, -0.2) is 118 Å². The molecule has 1 spiro atoms. The van der Waals surface area contributed by atoms with E-state index in [0.29, 0.717) is 17.5 Å². The lowest BCUT2D eigenvalue weighted by molar-refractivity contribution is -0.156. The predicted octanol–water partition coefficient (Wildman–Crippen LogP) is 2.90. The third kappa shape index (κ3) is 12.6. The molecule has 17 heteroatoms. The minimum absolute atomic E-state index is 0.102. The predicted molar refractivity (Wildman–Crippen MR) is 226 cm³/mol. The number of amides is 6. The van der Waals surface area contributed by atoms with Crippen molar-refractivity contribution < 1.29 is 43.1 Å². The number of hydrogen-bond donors (Lipinski definition) is 4. The molecule has 59 heavy (non-hydrogen) atoms. The van der Waals surface area contributed by atoms with E-state index in [1.807, 2.05) is 0 Å². The number of nitrogens with one attached hydrogen (secondary N) is 4. The fourth-order valence-electron chi connectivity index (χ4n) is 6.86. The van der Waals surface area contributed by atoms with Crippen molar-refractivity contribution in [3.8, 4) is 0 Å². The molecule has 1 unspecified atom stereocenters. The Hall–Kier alpha value is -4.90. The molecule has 2 fully saturated rings. The van der Waals surface area contributed by atoms with Gasteiger partial charge in [-0.2, -0.15) is 0 Å². The van der Waals surface area contributed by atoms with Gasteiger partial charge in [-0.25, -0.2) is 0 Å². The lowest BCUT2D eigenvalue weighted by Crippen LogP contribution is -2.59. The first kappa shape index (κ1) is 46.8. The Balaban J connectivity index is 1.52. The van der Waals surface area contributed by atoms with Crippen LogP contribution < -0.4 is 21.3 Å². The van der Waals surface area contributed by atoms with Crippen LogP contribution in [0.25, 0.3) is 0 Å². The van der Waals surface area contributed by atoms with E-state index in [4.69, 9.17) is 4.74 Å². The van der Waals surface area contributed by atoms with Gasteiger partial charge >= 0.3 is 5.97 Å². The van der Waals surface area contributed by atoms with E-state index in [1.165, 1.54) is 16.7 Å². The van der Waals surface area contributed by atoms with Crippen molar-refractivity contribution in [2.45, 2.75) is 94.7 Å². The molecule has 2 aromatic rings. The highest BCUT2D eigenvalue weighted by Crippen LogP contribution is 2.50. The van der Waals surface area contributed by atoms with Crippen LogP contribution >= 0.6 is 23.5 Å². The molecule has 0 saturated carbocycles. The molecule has 15 nitrogen and oxygen atoms in total. The number of ketones is 1. The second-order valence-electron chi connectivity index (χ2n) is 15.9. The van der Waals surface area contributed by atoms with Gasteiger partial charge in [-0.3, -0.25) is 38.4 Å². The Morgan fingerprint density at radius 1 is 0.881 bits per heavy atom. The molecule has 6 amide bonds. The Morgan fingerprint density at radius 2 is 1.47 bits per heavy atom. The molecule has 4 N–H and O–H groups in total. The number of thioether (sulfide) groups is 2. The van der Waals surface area contributed by atoms with E-state index in [-0.39, 0.29) is 19.4 Å². The summed E-state index contributed by atoms with van der Waals surface area (Å²) in [4.78, 5) is 110. The summed E-state index contributed by atoms with van der Waals surface area (Å²) < 4.78 is 4.89. The Morgan fingerprint density at radius 3 is 2.02 bits per heavy atom. The molecular weight excluding hydrogens is 797 g/mol. The molecule has 2 aliphatic rings. The summed E-state index contributed by atoms with van der Waals surface area (Å²) in [6.07, 6.45) is 0.410. The topological polar surface area (TPSA) is 200 Å². The smallest absolute Gasteiger partial charge is 0.303 e. The van der Waals surface area contributed by atoms with Gasteiger partial charge in [-0.1, -0.05) is 94.8 Å². The average molecular weight is 853 g/mol. The third-order valence-electron chi connectivity index (χ3n) is 9.89. The van der Waals surface area contributed by atoms with Gasteiger partial charge in [0.1, 0.15) is 18.1 Å². The Labute approximate surface area is 354 Å². The average Bonchev–Trinajstić information content (AvgIpc) is 3.57. The van der Waals surface area contributed by atoms with Crippen molar-refractivity contribution >= 4 is 70.7 Å². The van der Waals surface area contributed by atoms with Gasteiger partial charge in [-0.15, -0.1) is 23.5 Å². The lowest BCUT2D eigenvalue weighted by atomic mass is 9.85. The minimum atomic E-state index is -1.33. The summed E-state index contributed by atoms with van der Waals surface area (Å²) in [6, 6.07) is 12.5. The molecule has 4 rings (SSSR count). The van der Waals surface area contributed by atoms with Crippen LogP contribution in [0.3, 0.4) is 0 Å². The summed E-state index contributed by atoms with van der Waals surface area (Å²) in [5.74, 6) is -4.06. The number of carbonyl (C=O) groups is 8. The van der Waals surface area contributed by atoms with E-state index in [2.05, 4.69) is 21.3 Å². The summed E-state index contributed by atoms with van der Waals surface area (Å²) in [5, 5.41) is 10.5. The van der Waals surface area contributed by atoms with Crippen LogP contribution in [0.15, 0.2) is 60.7 Å². The standard InChI is InChI=1S/C42H56N6O9S2/c1-8-16-29(33(51)37(53)43-24-31(50)45-32(39(55)47(6)7)27-17-11-9-12-18-27)44-36(52)30-23-42(58-21-15-22-59-42)25-48(30)40(56)35(41(3,4)5)46-38(54)34(57-26(2)49)28-19-13-10-14-20-28/h9-14,17-20,29-30,32,34-35H,8,15-16,21-25H2,1-7H3,(H,43,53)(H,44,52)(H,45,50)(H,46,54)/t29-,30+,32?,34+,35-/m1/s1. The van der Waals surface area contributed by atoms with Crippen LogP contribution in [0.4, 0.5) is 0 Å². The molecule has 2 saturated heterocycles. The molecule has 0 bridgehead atoms. The molecule has 2 heterocycles. The fourth-order valence-corrected chi connectivity index (χ4v) is 10.2. The number of Topliss-reactive ketones (excluding diaryl/α,β-unsaturated/α-hetero) is 1. The highest BCUT2D eigenvalue weighted by molar-refractivity contribution is 8.18. The monoisotopic (exact) mass is 852 g/mol. The number of likely N-dealkylation sites (tertiary alicyclic amines) is 1. The van der Waals surface area contributed by atoms with Gasteiger partial charge < -0.3 is 35.8 Å². The van der Waals surface area contributed by atoms with Crippen LogP contribution in [0.5, 0.6) is 0 Å². The molecule has 2 aliphatic heterocycles. The fraction of sp³-hybridized carbons (Fsp3) is 0.524. The van der Waals surface area contributed by atoms with Crippen molar-refractivity contribution in [3.05, 3.63) is 71.8 Å². The lowest BCUT2D eigenvalue weighted by Gasteiger charge is -2.37. The van der Waals surface area contributed by atoms with Gasteiger partial charge in [-0.05, 0) is 35.3 Å². The molecule has 0 aliphatic carbocycles. The summed E-state index contributed by atoms with van der Waals surface area (Å²) in [5.41, 5.74) is 0.0908. The number of rotatable bonds is 16. The van der Waals surface area contributed by atoms with Crippen molar-refractivity contribution in [3.63, 3.8) is 0 Å². The van der Waals surface area contributed by atoms with Crippen LogP contribution in [0, 0.1) is 5.41 Å². The zero-order valence-corrected chi connectivity index (χ0v) is 36.3. The number of nitrogens with zero attached hydrogens (tertiary/aromatic N) is 2. The Bertz CT molecular complexity index is 1850. The maximum absolute atomic E-state index is 14.7. The summed E-state index contributed by atoms with van der Waals surface area (Å²) in [6.45, 7) is 7.90. The molecule has 2 aromatic carbocycles. The largest absolute Gasteiger partial charge is 0.447 e. The molecule has 320 valence electrons. The molecule has 0 aromatic heterocycles. The van der Waals surface area contributed by atoms with E-state index >= 15 is 0 Å². The normalized spacial score (nSPS) is 18.0. The maximum atomic E-state index is 14.7. The van der Waals surface area contributed by atoms with Crippen LogP contribution in [0.2, 0.25) is 0 Å². The van der Waals surface area contributed by atoms with Crippen molar-refractivity contribution in [2.24, 2.45) is 5.41 Å². The number of esters is 1. The number of carbonyl (C=O) groups excluding carboxylic acids is 8. The summed E-state index contributed by atoms with van der Waals surface area (Å²) >= 11 is 3.33. The highest BCUT2D eigenvalue weighted by atomic mass is 32.2. The van der Waals surface area contributed by atoms with Crippen molar-refractivity contribution in [2.75, 3.05) is 38.7 Å². The molecule has 0 radical (unpaired) electrons. The molecule has 5 atom stereocenters. The minimum Gasteiger partial charge on any atom is -0.447 e. The van der Waals surface area contributed by atoms with Gasteiger partial charge in [0.15, 0.2) is 0 Å². The number of likely N-dealkylation sites (N-methyl/N-ethyl adjacent to an activating group) is 1. The second-order valence-corrected chi connectivity index (χ2v) is 19.1. The second kappa shape index (κ2) is 20.9. The van der Waals surface area contributed by atoms with Crippen LogP contribution in [0.1, 0.15) is 83.6 Å². The highest BCUT2D eigenvalue weighted by Gasteiger charge is 2.53. The first-order chi connectivity index (χ1) is 27.9. The van der Waals surface area contributed by atoms with Gasteiger partial charge in [0, 0.05) is 39.5 Å². The number of ether oxygens (including phenoxy) is 1. The Kier molecular flexibility index (Phi) is 16.6. The SMILES string of the molecule is CCC[C@@H](NC(=O)[C@@H]1CC2(CN1C(=O)[C@@H](NC(=O)[C@@H](OC(C)=O)c1ccccc1)C(C)(C)C)SCCCS2)C(=O)C(=O)NCC(=O)NC(C(=O)N(C)C)c1ccccc1. The number of benzene rings is 2. The maximum Gasteiger partial charge on any atom is 0.303 e. The van der Waals surface area contributed by atoms with E-state index in [1.54, 1.807) is 126 Å².